The lowest BCUT2D eigenvalue weighted by Crippen LogP contribution is -2.24. The van der Waals surface area contributed by atoms with E-state index in [0.717, 1.165) is 23.3 Å². The first-order valence-corrected chi connectivity index (χ1v) is 7.63. The normalized spacial score (nSPS) is 12.9. The Kier molecular flexibility index (Phi) is 5.50. The van der Waals surface area contributed by atoms with Crippen LogP contribution in [0, 0.1) is 5.82 Å². The van der Waals surface area contributed by atoms with E-state index in [-0.39, 0.29) is 11.9 Å². The molecule has 1 unspecified atom stereocenters. The zero-order valence-corrected chi connectivity index (χ0v) is 13.8. The lowest BCUT2D eigenvalue weighted by molar-refractivity contribution is 0.366. The van der Waals surface area contributed by atoms with Crippen molar-refractivity contribution in [3.63, 3.8) is 0 Å². The lowest BCUT2D eigenvalue weighted by Gasteiger charge is -2.17. The number of benzene rings is 1. The smallest absolute Gasteiger partial charge is 0.126 e. The minimum atomic E-state index is -0.305. The summed E-state index contributed by atoms with van der Waals surface area (Å²) in [6.07, 6.45) is 2.19. The lowest BCUT2D eigenvalue weighted by atomic mass is 10.0. The van der Waals surface area contributed by atoms with Gasteiger partial charge in [-0.25, -0.2) is 4.39 Å². The van der Waals surface area contributed by atoms with Crippen LogP contribution in [-0.2, 0) is 13.0 Å². The second kappa shape index (κ2) is 7.15. The summed E-state index contributed by atoms with van der Waals surface area (Å²) in [4.78, 5) is 2.09. The van der Waals surface area contributed by atoms with Crippen molar-refractivity contribution in [2.45, 2.75) is 19.0 Å². The zero-order valence-electron chi connectivity index (χ0n) is 12.3. The van der Waals surface area contributed by atoms with Crippen molar-refractivity contribution >= 4 is 15.9 Å². The summed E-state index contributed by atoms with van der Waals surface area (Å²) in [7, 11) is 4.02. The molecule has 0 saturated heterocycles. The number of hydrogen-bond donors (Lipinski definition) is 1. The van der Waals surface area contributed by atoms with Crippen molar-refractivity contribution in [1.29, 1.82) is 0 Å². The molecule has 0 fully saturated rings. The molecule has 0 aliphatic heterocycles. The van der Waals surface area contributed by atoms with Gasteiger partial charge in [0.05, 0.1) is 29.0 Å². The summed E-state index contributed by atoms with van der Waals surface area (Å²) in [5, 5.41) is 4.34. The van der Waals surface area contributed by atoms with Crippen LogP contribution in [0.4, 0.5) is 4.39 Å². The number of nitrogens with zero attached hydrogens (tertiary/aromatic N) is 3. The number of hydrogen-bond acceptors (Lipinski definition) is 3. The molecule has 2 N–H and O–H groups in total. The van der Waals surface area contributed by atoms with Gasteiger partial charge >= 0.3 is 0 Å². The van der Waals surface area contributed by atoms with Gasteiger partial charge in [0.2, 0.25) is 0 Å². The van der Waals surface area contributed by atoms with E-state index in [4.69, 9.17) is 5.73 Å². The topological polar surface area (TPSA) is 47.1 Å². The van der Waals surface area contributed by atoms with E-state index in [1.165, 1.54) is 6.07 Å². The standard InChI is InChI=1S/C15H20BrFN4/c1-20(2)7-8-21-15(12(16)10-19-21)14(18)9-11-5-3-4-6-13(11)17/h3-6,10,14H,7-9,18H2,1-2H3. The molecule has 1 aromatic carbocycles. The fourth-order valence-electron chi connectivity index (χ4n) is 2.21. The Morgan fingerprint density at radius 2 is 2.10 bits per heavy atom. The molecule has 0 saturated carbocycles. The third-order valence-corrected chi connectivity index (χ3v) is 3.95. The first-order valence-electron chi connectivity index (χ1n) is 6.84. The average molecular weight is 355 g/mol. The van der Waals surface area contributed by atoms with Gasteiger partial charge in [0.15, 0.2) is 0 Å². The highest BCUT2D eigenvalue weighted by Crippen LogP contribution is 2.25. The van der Waals surface area contributed by atoms with Gasteiger partial charge in [-0.15, -0.1) is 0 Å². The van der Waals surface area contributed by atoms with Gasteiger partial charge in [-0.2, -0.15) is 5.10 Å². The van der Waals surface area contributed by atoms with Crippen molar-refractivity contribution in [2.75, 3.05) is 20.6 Å². The highest BCUT2D eigenvalue weighted by Gasteiger charge is 2.18. The molecular formula is C15H20BrFN4. The summed E-state index contributed by atoms with van der Waals surface area (Å²) < 4.78 is 16.5. The quantitative estimate of drug-likeness (QED) is 0.867. The van der Waals surface area contributed by atoms with E-state index >= 15 is 0 Å². The fraction of sp³-hybridized carbons (Fsp3) is 0.400. The van der Waals surface area contributed by atoms with Crippen LogP contribution < -0.4 is 5.73 Å². The first-order chi connectivity index (χ1) is 9.99. The summed E-state index contributed by atoms with van der Waals surface area (Å²) in [6, 6.07) is 6.43. The molecule has 0 aliphatic carbocycles. The van der Waals surface area contributed by atoms with Crippen LogP contribution in [0.25, 0.3) is 0 Å². The maximum Gasteiger partial charge on any atom is 0.126 e. The number of halogens is 2. The van der Waals surface area contributed by atoms with Crippen molar-refractivity contribution < 1.29 is 4.39 Å². The number of likely N-dealkylation sites (N-methyl/N-ethyl adjacent to an activating group) is 1. The zero-order chi connectivity index (χ0) is 15.4. The number of nitrogens with two attached hydrogens (primary N) is 1. The predicted octanol–water partition coefficient (Wildman–Crippen LogP) is 2.59. The summed E-state index contributed by atoms with van der Waals surface area (Å²) in [5.41, 5.74) is 7.80. The van der Waals surface area contributed by atoms with Gasteiger partial charge in [-0.05, 0) is 48.1 Å². The molecule has 114 valence electrons. The minimum Gasteiger partial charge on any atom is -0.322 e. The largest absolute Gasteiger partial charge is 0.322 e. The Bertz CT molecular complexity index is 597. The highest BCUT2D eigenvalue weighted by molar-refractivity contribution is 9.10. The van der Waals surface area contributed by atoms with Gasteiger partial charge in [-0.1, -0.05) is 18.2 Å². The molecule has 4 nitrogen and oxygen atoms in total. The Morgan fingerprint density at radius 3 is 2.76 bits per heavy atom. The molecular weight excluding hydrogens is 335 g/mol. The van der Waals surface area contributed by atoms with Gasteiger partial charge in [0, 0.05) is 6.54 Å². The van der Waals surface area contributed by atoms with Gasteiger partial charge < -0.3 is 10.6 Å². The van der Waals surface area contributed by atoms with Crippen LogP contribution in [0.3, 0.4) is 0 Å². The molecule has 2 aromatic rings. The summed E-state index contributed by atoms with van der Waals surface area (Å²) in [6.45, 7) is 1.62. The van der Waals surface area contributed by atoms with Gasteiger partial charge in [0.25, 0.3) is 0 Å². The van der Waals surface area contributed by atoms with Crippen LogP contribution in [-0.4, -0.2) is 35.3 Å². The molecule has 1 heterocycles. The molecule has 0 aliphatic rings. The van der Waals surface area contributed by atoms with Gasteiger partial charge in [-0.3, -0.25) is 4.68 Å². The van der Waals surface area contributed by atoms with Crippen molar-refractivity contribution in [1.82, 2.24) is 14.7 Å². The SMILES string of the molecule is CN(C)CCn1ncc(Br)c1C(N)Cc1ccccc1F. The van der Waals surface area contributed by atoms with E-state index in [2.05, 4.69) is 25.9 Å². The third kappa shape index (κ3) is 4.12. The molecule has 2 rings (SSSR count). The van der Waals surface area contributed by atoms with E-state index in [1.54, 1.807) is 18.3 Å². The van der Waals surface area contributed by atoms with E-state index in [0.29, 0.717) is 12.0 Å². The van der Waals surface area contributed by atoms with Crippen LogP contribution in [0.1, 0.15) is 17.3 Å². The number of aromatic nitrogens is 2. The molecule has 0 spiro atoms. The van der Waals surface area contributed by atoms with Crippen molar-refractivity contribution in [2.24, 2.45) is 5.73 Å². The van der Waals surface area contributed by atoms with E-state index in [9.17, 15) is 4.39 Å². The van der Waals surface area contributed by atoms with Gasteiger partial charge in [0.1, 0.15) is 5.82 Å². The maximum absolute atomic E-state index is 13.8. The Hall–Kier alpha value is -1.24. The molecule has 0 bridgehead atoms. The molecule has 1 aromatic heterocycles. The van der Waals surface area contributed by atoms with Crippen LogP contribution in [0.2, 0.25) is 0 Å². The highest BCUT2D eigenvalue weighted by atomic mass is 79.9. The van der Waals surface area contributed by atoms with Crippen LogP contribution >= 0.6 is 15.9 Å². The maximum atomic E-state index is 13.8. The molecule has 0 radical (unpaired) electrons. The van der Waals surface area contributed by atoms with Crippen LogP contribution in [0.5, 0.6) is 0 Å². The Balaban J connectivity index is 2.17. The summed E-state index contributed by atoms with van der Waals surface area (Å²) >= 11 is 3.49. The monoisotopic (exact) mass is 354 g/mol. The minimum absolute atomic E-state index is 0.219. The van der Waals surface area contributed by atoms with Crippen molar-refractivity contribution in [3.05, 3.63) is 52.0 Å². The number of rotatable bonds is 6. The van der Waals surface area contributed by atoms with Crippen molar-refractivity contribution in [3.8, 4) is 0 Å². The van der Waals surface area contributed by atoms with E-state index in [1.807, 2.05) is 24.8 Å². The second-order valence-electron chi connectivity index (χ2n) is 5.31. The molecule has 21 heavy (non-hydrogen) atoms. The predicted molar refractivity (Wildman–Crippen MR) is 85.5 cm³/mol. The Morgan fingerprint density at radius 1 is 1.38 bits per heavy atom. The average Bonchev–Trinajstić information content (AvgIpc) is 2.80. The third-order valence-electron chi connectivity index (χ3n) is 3.34. The summed E-state index contributed by atoms with van der Waals surface area (Å²) in [5.74, 6) is -0.219. The molecule has 1 atom stereocenters. The molecule has 6 heteroatoms. The Labute approximate surface area is 132 Å². The molecule has 0 amide bonds. The van der Waals surface area contributed by atoms with Crippen LogP contribution in [0.15, 0.2) is 34.9 Å². The fourth-order valence-corrected chi connectivity index (χ4v) is 2.80. The first kappa shape index (κ1) is 16.1. The second-order valence-corrected chi connectivity index (χ2v) is 6.16. The van der Waals surface area contributed by atoms with E-state index < -0.39 is 0 Å².